The summed E-state index contributed by atoms with van der Waals surface area (Å²) in [7, 11) is 0. The van der Waals surface area contributed by atoms with E-state index in [9.17, 15) is 4.79 Å². The number of ether oxygens (including phenoxy) is 2. The molecule has 6 heteroatoms. The Morgan fingerprint density at radius 1 is 1.43 bits per heavy atom. The van der Waals surface area contributed by atoms with Gasteiger partial charge in [0.15, 0.2) is 0 Å². The molecule has 0 aliphatic carbocycles. The van der Waals surface area contributed by atoms with Crippen LogP contribution in [0.4, 0.5) is 10.6 Å². The van der Waals surface area contributed by atoms with E-state index in [4.69, 9.17) is 9.47 Å². The average Bonchev–Trinajstić information content (AvgIpc) is 2.22. The van der Waals surface area contributed by atoms with Crippen LogP contribution in [0.3, 0.4) is 0 Å². The van der Waals surface area contributed by atoms with Gasteiger partial charge in [-0.1, -0.05) is 6.07 Å². The van der Waals surface area contributed by atoms with E-state index in [1.54, 1.807) is 6.07 Å². The summed E-state index contributed by atoms with van der Waals surface area (Å²) in [6.07, 6.45) is 0.628. The molecule has 2 fully saturated rings. The van der Waals surface area contributed by atoms with Crippen LogP contribution in [0.25, 0.3) is 0 Å². The van der Waals surface area contributed by atoms with E-state index in [1.165, 1.54) is 0 Å². The molecule has 6 nitrogen and oxygen atoms in total. The van der Waals surface area contributed by atoms with Gasteiger partial charge in [-0.3, -0.25) is 0 Å². The van der Waals surface area contributed by atoms with Crippen molar-refractivity contribution in [3.8, 4) is 5.88 Å². The number of rotatable bonds is 2. The third-order valence-electron chi connectivity index (χ3n) is 3.63. The van der Waals surface area contributed by atoms with Crippen LogP contribution in [0.1, 0.15) is 27.2 Å². The Labute approximate surface area is 124 Å². The van der Waals surface area contributed by atoms with Crippen molar-refractivity contribution in [1.29, 1.82) is 0 Å². The van der Waals surface area contributed by atoms with Crippen LogP contribution < -0.4 is 15.0 Å². The molecular formula is C15H21N3O3. The van der Waals surface area contributed by atoms with Gasteiger partial charge in [0, 0.05) is 18.0 Å². The van der Waals surface area contributed by atoms with Gasteiger partial charge in [-0.2, -0.15) is 4.98 Å². The van der Waals surface area contributed by atoms with Gasteiger partial charge in [-0.25, -0.2) is 4.79 Å². The Balaban J connectivity index is 1.60. The van der Waals surface area contributed by atoms with E-state index >= 15 is 0 Å². The lowest BCUT2D eigenvalue weighted by Crippen LogP contribution is -2.68. The first kappa shape index (κ1) is 14.1. The van der Waals surface area contributed by atoms with Crippen molar-refractivity contribution in [2.24, 2.45) is 0 Å². The number of pyridine rings is 1. The summed E-state index contributed by atoms with van der Waals surface area (Å²) in [5.74, 6) is 1.13. The van der Waals surface area contributed by atoms with E-state index in [2.05, 4.69) is 15.2 Å². The van der Waals surface area contributed by atoms with E-state index in [0.29, 0.717) is 5.88 Å². The highest BCUT2D eigenvalue weighted by atomic mass is 16.6. The third kappa shape index (κ3) is 3.10. The van der Waals surface area contributed by atoms with Gasteiger partial charge in [-0.05, 0) is 26.8 Å². The Morgan fingerprint density at radius 2 is 2.14 bits per heavy atom. The van der Waals surface area contributed by atoms with Crippen molar-refractivity contribution in [2.45, 2.75) is 38.3 Å². The van der Waals surface area contributed by atoms with Crippen molar-refractivity contribution in [3.05, 3.63) is 18.2 Å². The Morgan fingerprint density at radius 3 is 2.71 bits per heavy atom. The molecule has 2 saturated heterocycles. The molecule has 3 rings (SSSR count). The first-order valence-corrected chi connectivity index (χ1v) is 7.21. The zero-order chi connectivity index (χ0) is 15.1. The predicted octanol–water partition coefficient (Wildman–Crippen LogP) is 1.95. The largest absolute Gasteiger partial charge is 0.414 e. The molecule has 0 radical (unpaired) electrons. The van der Waals surface area contributed by atoms with Crippen LogP contribution in [-0.2, 0) is 4.74 Å². The first-order valence-electron chi connectivity index (χ1n) is 7.21. The molecule has 0 aromatic carbocycles. The second kappa shape index (κ2) is 4.87. The summed E-state index contributed by atoms with van der Waals surface area (Å²) in [5.41, 5.74) is -0.276. The topological polar surface area (TPSA) is 63.7 Å². The van der Waals surface area contributed by atoms with Gasteiger partial charge in [0.1, 0.15) is 11.4 Å². The lowest BCUT2D eigenvalue weighted by Gasteiger charge is -2.55. The Hall–Kier alpha value is -1.82. The third-order valence-corrected chi connectivity index (χ3v) is 3.63. The number of nitrogens with one attached hydrogen (secondary N) is 1. The molecule has 1 spiro atoms. The number of amides is 1. The van der Waals surface area contributed by atoms with Crippen LogP contribution in [0.5, 0.6) is 5.88 Å². The lowest BCUT2D eigenvalue weighted by molar-refractivity contribution is -0.161. The van der Waals surface area contributed by atoms with Gasteiger partial charge in [0.2, 0.25) is 5.88 Å². The second-order valence-electron chi connectivity index (χ2n) is 6.74. The number of hydrogen-bond donors (Lipinski definition) is 1. The first-order chi connectivity index (χ1) is 9.85. The van der Waals surface area contributed by atoms with Gasteiger partial charge in [0.25, 0.3) is 0 Å². The summed E-state index contributed by atoms with van der Waals surface area (Å²) in [5, 5.41) is 2.74. The smallest absolute Gasteiger partial charge is 0.391 e. The molecule has 0 bridgehead atoms. The Kier molecular flexibility index (Phi) is 3.28. The molecule has 3 heterocycles. The second-order valence-corrected chi connectivity index (χ2v) is 6.74. The van der Waals surface area contributed by atoms with Crippen molar-refractivity contribution < 1.29 is 14.3 Å². The summed E-state index contributed by atoms with van der Waals surface area (Å²) >= 11 is 0. The molecule has 0 unspecified atom stereocenters. The van der Waals surface area contributed by atoms with E-state index in [1.807, 2.05) is 32.9 Å². The molecule has 1 aromatic heterocycles. The fraction of sp³-hybridized carbons (Fsp3) is 0.600. The molecule has 1 N–H and O–H groups in total. The van der Waals surface area contributed by atoms with Gasteiger partial charge >= 0.3 is 6.09 Å². The molecule has 0 saturated carbocycles. The fourth-order valence-corrected chi connectivity index (χ4v) is 2.52. The quantitative estimate of drug-likeness (QED) is 0.902. The molecule has 114 valence electrons. The molecule has 21 heavy (non-hydrogen) atoms. The number of carbonyl (C=O) groups is 1. The van der Waals surface area contributed by atoms with Gasteiger partial charge in [0.05, 0.1) is 19.7 Å². The molecule has 0 atom stereocenters. The van der Waals surface area contributed by atoms with Crippen LogP contribution in [-0.4, -0.2) is 41.9 Å². The molecule has 1 aromatic rings. The van der Waals surface area contributed by atoms with Crippen LogP contribution >= 0.6 is 0 Å². The van der Waals surface area contributed by atoms with Gasteiger partial charge in [-0.15, -0.1) is 0 Å². The van der Waals surface area contributed by atoms with Crippen molar-refractivity contribution in [1.82, 2.24) is 10.3 Å². The van der Waals surface area contributed by atoms with Crippen molar-refractivity contribution in [3.63, 3.8) is 0 Å². The van der Waals surface area contributed by atoms with Gasteiger partial charge < -0.3 is 19.7 Å². The summed E-state index contributed by atoms with van der Waals surface area (Å²) in [6.45, 7) is 8.27. The van der Waals surface area contributed by atoms with E-state index in [-0.39, 0.29) is 11.1 Å². The minimum atomic E-state index is -0.491. The zero-order valence-electron chi connectivity index (χ0n) is 12.7. The standard InChI is InChI=1S/C15H21N3O3/c1-14(2,3)17-13(19)21-12-6-4-5-11(16-12)18-9-15(10-18)7-8-20-15/h4-6H,7-10H2,1-3H3,(H,17,19). The summed E-state index contributed by atoms with van der Waals surface area (Å²) < 4.78 is 10.8. The minimum absolute atomic E-state index is 0.0577. The summed E-state index contributed by atoms with van der Waals surface area (Å²) in [6, 6.07) is 5.44. The monoisotopic (exact) mass is 291 g/mol. The number of aromatic nitrogens is 1. The lowest BCUT2D eigenvalue weighted by atomic mass is 9.86. The maximum Gasteiger partial charge on any atom is 0.414 e. The zero-order valence-corrected chi connectivity index (χ0v) is 12.7. The molecule has 1 amide bonds. The van der Waals surface area contributed by atoms with Crippen molar-refractivity contribution >= 4 is 11.9 Å². The van der Waals surface area contributed by atoms with Crippen molar-refractivity contribution in [2.75, 3.05) is 24.6 Å². The Bertz CT molecular complexity index is 541. The number of anilines is 1. The molecular weight excluding hydrogens is 270 g/mol. The highest BCUT2D eigenvalue weighted by Crippen LogP contribution is 2.38. The van der Waals surface area contributed by atoms with Crippen LogP contribution in [0.2, 0.25) is 0 Å². The van der Waals surface area contributed by atoms with Crippen LogP contribution in [0.15, 0.2) is 18.2 Å². The highest BCUT2D eigenvalue weighted by molar-refractivity contribution is 5.70. The number of hydrogen-bond acceptors (Lipinski definition) is 5. The van der Waals surface area contributed by atoms with Crippen LogP contribution in [0, 0.1) is 0 Å². The predicted molar refractivity (Wildman–Crippen MR) is 78.7 cm³/mol. The molecule has 2 aliphatic heterocycles. The fourth-order valence-electron chi connectivity index (χ4n) is 2.52. The maximum atomic E-state index is 11.7. The average molecular weight is 291 g/mol. The molecule has 2 aliphatic rings. The normalized spacial score (nSPS) is 19.7. The SMILES string of the molecule is CC(C)(C)NC(=O)Oc1cccc(N2CC3(CCO3)C2)n1. The highest BCUT2D eigenvalue weighted by Gasteiger charge is 2.49. The minimum Gasteiger partial charge on any atom is -0.391 e. The number of carbonyl (C=O) groups excluding carboxylic acids is 1. The summed E-state index contributed by atoms with van der Waals surface area (Å²) in [4.78, 5) is 18.3. The van der Waals surface area contributed by atoms with E-state index < -0.39 is 6.09 Å². The number of nitrogens with zero attached hydrogens (tertiary/aromatic N) is 2. The van der Waals surface area contributed by atoms with E-state index in [0.717, 1.165) is 31.9 Å². The maximum absolute atomic E-state index is 11.7.